The molecular formula is C20H21FN2O4S. The van der Waals surface area contributed by atoms with Crippen LogP contribution in [0.1, 0.15) is 18.4 Å². The number of anilines is 1. The highest BCUT2D eigenvalue weighted by atomic mass is 32.2. The van der Waals surface area contributed by atoms with E-state index in [9.17, 15) is 17.6 Å². The van der Waals surface area contributed by atoms with Gasteiger partial charge in [-0.1, -0.05) is 24.3 Å². The zero-order valence-corrected chi connectivity index (χ0v) is 16.1. The number of carbonyl (C=O) groups excluding carboxylic acids is 1. The molecule has 1 atom stereocenters. The van der Waals surface area contributed by atoms with E-state index >= 15 is 0 Å². The van der Waals surface area contributed by atoms with Gasteiger partial charge in [0.05, 0.1) is 18.8 Å². The van der Waals surface area contributed by atoms with Gasteiger partial charge in [0.2, 0.25) is 0 Å². The maximum Gasteiger partial charge on any atom is 0.338 e. The standard InChI is InChI=1S/C20H21FN2O4S/c21-17-9-7-15(8-10-17)13-23-20(24)22(12-16-4-3-11-27-14-16)18-5-1-2-6-19(18)28(23,25)26/h1-2,5-10,16H,3-4,11-14H2. The van der Waals surface area contributed by atoms with E-state index in [1.54, 1.807) is 18.2 Å². The highest BCUT2D eigenvalue weighted by Gasteiger charge is 2.42. The minimum atomic E-state index is -4.00. The normalized spacial score (nSPS) is 21.5. The molecule has 2 aliphatic rings. The average molecular weight is 404 g/mol. The first kappa shape index (κ1) is 18.9. The van der Waals surface area contributed by atoms with E-state index in [4.69, 9.17) is 4.74 Å². The molecule has 0 saturated carbocycles. The number of fused-ring (bicyclic) bond motifs is 1. The number of urea groups is 1. The van der Waals surface area contributed by atoms with E-state index in [0.29, 0.717) is 31.0 Å². The van der Waals surface area contributed by atoms with Crippen molar-refractivity contribution < 1.29 is 22.3 Å². The van der Waals surface area contributed by atoms with Crippen molar-refractivity contribution in [1.82, 2.24) is 4.31 Å². The predicted molar refractivity (Wildman–Crippen MR) is 102 cm³/mol. The van der Waals surface area contributed by atoms with Gasteiger partial charge in [0, 0.05) is 19.1 Å². The number of hydrogen-bond acceptors (Lipinski definition) is 4. The summed E-state index contributed by atoms with van der Waals surface area (Å²) >= 11 is 0. The van der Waals surface area contributed by atoms with Crippen LogP contribution in [0.4, 0.5) is 14.9 Å². The van der Waals surface area contributed by atoms with E-state index in [1.165, 1.54) is 35.2 Å². The Morgan fingerprint density at radius 2 is 1.86 bits per heavy atom. The average Bonchev–Trinajstić information content (AvgIpc) is 2.71. The molecule has 0 radical (unpaired) electrons. The Morgan fingerprint density at radius 3 is 2.57 bits per heavy atom. The highest BCUT2D eigenvalue weighted by molar-refractivity contribution is 7.90. The summed E-state index contributed by atoms with van der Waals surface area (Å²) in [6.07, 6.45) is 1.85. The molecule has 1 unspecified atom stereocenters. The third-order valence-corrected chi connectivity index (χ3v) is 6.87. The smallest absolute Gasteiger partial charge is 0.338 e. The summed E-state index contributed by atoms with van der Waals surface area (Å²) in [6, 6.07) is 11.4. The van der Waals surface area contributed by atoms with Crippen LogP contribution in [0, 0.1) is 11.7 Å². The molecule has 2 aliphatic heterocycles. The molecule has 2 aromatic rings. The quantitative estimate of drug-likeness (QED) is 0.784. The van der Waals surface area contributed by atoms with E-state index in [0.717, 1.165) is 17.1 Å². The Morgan fingerprint density at radius 1 is 1.11 bits per heavy atom. The van der Waals surface area contributed by atoms with Crippen LogP contribution in [0.25, 0.3) is 0 Å². The largest absolute Gasteiger partial charge is 0.381 e. The summed E-state index contributed by atoms with van der Waals surface area (Å²) in [7, 11) is -4.00. The zero-order valence-electron chi connectivity index (χ0n) is 15.3. The molecule has 28 heavy (non-hydrogen) atoms. The van der Waals surface area contributed by atoms with Gasteiger partial charge in [-0.3, -0.25) is 4.90 Å². The SMILES string of the molecule is O=C1N(CC2CCCOC2)c2ccccc2S(=O)(=O)N1Cc1ccc(F)cc1. The number of para-hydroxylation sites is 1. The van der Waals surface area contributed by atoms with Crippen molar-refractivity contribution in [3.05, 3.63) is 59.9 Å². The lowest BCUT2D eigenvalue weighted by molar-refractivity contribution is 0.0575. The van der Waals surface area contributed by atoms with E-state index in [-0.39, 0.29) is 17.4 Å². The van der Waals surface area contributed by atoms with Gasteiger partial charge in [0.25, 0.3) is 10.0 Å². The van der Waals surface area contributed by atoms with Crippen molar-refractivity contribution in [2.24, 2.45) is 5.92 Å². The number of carbonyl (C=O) groups is 1. The zero-order chi connectivity index (χ0) is 19.7. The first-order valence-corrected chi connectivity index (χ1v) is 10.7. The third kappa shape index (κ3) is 3.49. The first-order chi connectivity index (χ1) is 13.5. The highest BCUT2D eigenvalue weighted by Crippen LogP contribution is 2.36. The van der Waals surface area contributed by atoms with Gasteiger partial charge in [-0.15, -0.1) is 0 Å². The van der Waals surface area contributed by atoms with Crippen molar-refractivity contribution in [2.75, 3.05) is 24.7 Å². The van der Waals surface area contributed by atoms with Crippen molar-refractivity contribution >= 4 is 21.7 Å². The number of rotatable bonds is 4. The molecule has 1 fully saturated rings. The number of benzene rings is 2. The Bertz CT molecular complexity index is 972. The molecular weight excluding hydrogens is 383 g/mol. The summed E-state index contributed by atoms with van der Waals surface area (Å²) in [5.41, 5.74) is 0.937. The van der Waals surface area contributed by atoms with Gasteiger partial charge in [-0.25, -0.2) is 21.9 Å². The lowest BCUT2D eigenvalue weighted by Crippen LogP contribution is -2.52. The molecule has 148 valence electrons. The van der Waals surface area contributed by atoms with E-state index in [2.05, 4.69) is 0 Å². The maximum atomic E-state index is 13.2. The van der Waals surface area contributed by atoms with Crippen molar-refractivity contribution in [3.63, 3.8) is 0 Å². The molecule has 2 aromatic carbocycles. The van der Waals surface area contributed by atoms with Crippen molar-refractivity contribution in [3.8, 4) is 0 Å². The van der Waals surface area contributed by atoms with Gasteiger partial charge >= 0.3 is 6.03 Å². The second-order valence-electron chi connectivity index (χ2n) is 7.08. The Balaban J connectivity index is 1.70. The first-order valence-electron chi connectivity index (χ1n) is 9.22. The summed E-state index contributed by atoms with van der Waals surface area (Å²) in [6.45, 7) is 1.52. The number of halogens is 1. The minimum Gasteiger partial charge on any atom is -0.381 e. The van der Waals surface area contributed by atoms with Crippen LogP contribution in [-0.4, -0.2) is 38.5 Å². The maximum absolute atomic E-state index is 13.2. The van der Waals surface area contributed by atoms with Crippen LogP contribution in [-0.2, 0) is 21.3 Å². The fraction of sp³-hybridized carbons (Fsp3) is 0.350. The molecule has 0 bridgehead atoms. The van der Waals surface area contributed by atoms with Gasteiger partial charge in [0.1, 0.15) is 10.7 Å². The molecule has 0 N–H and O–H groups in total. The van der Waals surface area contributed by atoms with Crippen LogP contribution < -0.4 is 4.90 Å². The van der Waals surface area contributed by atoms with Crippen LogP contribution in [0.2, 0.25) is 0 Å². The summed E-state index contributed by atoms with van der Waals surface area (Å²) in [4.78, 5) is 14.8. The molecule has 2 amide bonds. The molecule has 6 nitrogen and oxygen atoms in total. The molecule has 2 heterocycles. The molecule has 1 saturated heterocycles. The van der Waals surface area contributed by atoms with Gasteiger partial charge in [-0.2, -0.15) is 0 Å². The van der Waals surface area contributed by atoms with E-state index < -0.39 is 21.9 Å². The Kier molecular flexibility index (Phi) is 5.07. The monoisotopic (exact) mass is 404 g/mol. The topological polar surface area (TPSA) is 66.9 Å². The molecule has 0 aromatic heterocycles. The summed E-state index contributed by atoms with van der Waals surface area (Å²) < 4.78 is 45.8. The van der Waals surface area contributed by atoms with Crippen molar-refractivity contribution in [2.45, 2.75) is 24.3 Å². The van der Waals surface area contributed by atoms with Crippen molar-refractivity contribution in [1.29, 1.82) is 0 Å². The van der Waals surface area contributed by atoms with Gasteiger partial charge < -0.3 is 4.74 Å². The van der Waals surface area contributed by atoms with Crippen LogP contribution >= 0.6 is 0 Å². The third-order valence-electron chi connectivity index (χ3n) is 5.10. The minimum absolute atomic E-state index is 0.105. The van der Waals surface area contributed by atoms with Crippen LogP contribution in [0.15, 0.2) is 53.4 Å². The summed E-state index contributed by atoms with van der Waals surface area (Å²) in [5, 5.41) is 0. The lowest BCUT2D eigenvalue weighted by atomic mass is 10.0. The van der Waals surface area contributed by atoms with E-state index in [1.807, 2.05) is 0 Å². The van der Waals surface area contributed by atoms with Crippen LogP contribution in [0.5, 0.6) is 0 Å². The molecule has 0 spiro atoms. The molecule has 4 rings (SSSR count). The number of amides is 2. The molecule has 0 aliphatic carbocycles. The second-order valence-corrected chi connectivity index (χ2v) is 8.91. The Labute approximate surface area is 163 Å². The summed E-state index contributed by atoms with van der Waals surface area (Å²) in [5.74, 6) is -0.264. The fourth-order valence-electron chi connectivity index (χ4n) is 3.65. The van der Waals surface area contributed by atoms with Crippen LogP contribution in [0.3, 0.4) is 0 Å². The van der Waals surface area contributed by atoms with Gasteiger partial charge in [0.15, 0.2) is 0 Å². The Hall–Kier alpha value is -2.45. The predicted octanol–water partition coefficient (Wildman–Crippen LogP) is 3.38. The molecule has 8 heteroatoms. The number of hydrogen-bond donors (Lipinski definition) is 0. The lowest BCUT2D eigenvalue weighted by Gasteiger charge is -2.38. The number of nitrogens with zero attached hydrogens (tertiary/aromatic N) is 2. The number of ether oxygens (including phenoxy) is 1. The fourth-order valence-corrected chi connectivity index (χ4v) is 5.21. The number of sulfonamides is 1. The second kappa shape index (κ2) is 7.52. The van der Waals surface area contributed by atoms with Gasteiger partial charge in [-0.05, 0) is 42.7 Å².